The number of benzene rings is 1. The fraction of sp³-hybridized carbons (Fsp3) is 0.273. The Morgan fingerprint density at radius 2 is 2.12 bits per heavy atom. The minimum atomic E-state index is -0.754. The lowest BCUT2D eigenvalue weighted by Gasteiger charge is -2.23. The summed E-state index contributed by atoms with van der Waals surface area (Å²) in [5.41, 5.74) is 0.970. The van der Waals surface area contributed by atoms with Gasteiger partial charge < -0.3 is 4.74 Å². The number of ketones is 1. The third kappa shape index (κ3) is 1.81. The zero-order chi connectivity index (χ0) is 11.9. The number of halogens is 2. The van der Waals surface area contributed by atoms with Gasteiger partial charge in [-0.25, -0.2) is 4.79 Å². The highest BCUT2D eigenvalue weighted by Crippen LogP contribution is 2.33. The van der Waals surface area contributed by atoms with Gasteiger partial charge in [0.2, 0.25) is 0 Å². The number of esters is 1. The van der Waals surface area contributed by atoms with Crippen molar-refractivity contribution in [1.29, 1.82) is 0 Å². The van der Waals surface area contributed by atoms with E-state index in [0.717, 1.165) is 0 Å². The predicted molar refractivity (Wildman–Crippen MR) is 60.1 cm³/mol. The van der Waals surface area contributed by atoms with Crippen LogP contribution in [0.25, 0.3) is 0 Å². The highest BCUT2D eigenvalue weighted by atomic mass is 35.5. The second kappa shape index (κ2) is 4.07. The molecule has 0 saturated heterocycles. The number of hydrogen-bond donors (Lipinski definition) is 0. The number of rotatable bonds is 1. The Hall–Kier alpha value is -1.06. The predicted octanol–water partition coefficient (Wildman–Crippen LogP) is 2.66. The summed E-state index contributed by atoms with van der Waals surface area (Å²) in [6.45, 7) is 1.38. The lowest BCUT2D eigenvalue weighted by molar-refractivity contribution is -0.125. The molecule has 0 bridgehead atoms. The van der Waals surface area contributed by atoms with E-state index < -0.39 is 12.1 Å². The summed E-state index contributed by atoms with van der Waals surface area (Å²) in [4.78, 5) is 22.8. The zero-order valence-corrected chi connectivity index (χ0v) is 9.93. The van der Waals surface area contributed by atoms with Gasteiger partial charge in [-0.3, -0.25) is 4.79 Å². The molecule has 16 heavy (non-hydrogen) atoms. The molecule has 2 rings (SSSR count). The number of Topliss-reactive ketones (excluding diaryl/α,β-unsaturated/α-hetero) is 1. The highest BCUT2D eigenvalue weighted by molar-refractivity contribution is 6.42. The SMILES string of the molecule is CC(=O)C1Cc2c(ccc(Cl)c2Cl)C(=O)O1. The molecular formula is C11H8Cl2O3. The van der Waals surface area contributed by atoms with Crippen LogP contribution in [0.3, 0.4) is 0 Å². The van der Waals surface area contributed by atoms with Crippen LogP contribution in [0.1, 0.15) is 22.8 Å². The molecular weight excluding hydrogens is 251 g/mol. The average Bonchev–Trinajstić information content (AvgIpc) is 2.23. The standard InChI is InChI=1S/C11H8Cl2O3/c1-5(14)9-4-7-6(11(15)16-9)2-3-8(12)10(7)13/h2-3,9H,4H2,1H3. The van der Waals surface area contributed by atoms with Crippen LogP contribution < -0.4 is 0 Å². The smallest absolute Gasteiger partial charge is 0.339 e. The van der Waals surface area contributed by atoms with Crippen LogP contribution in [0.5, 0.6) is 0 Å². The molecule has 0 N–H and O–H groups in total. The van der Waals surface area contributed by atoms with Crippen molar-refractivity contribution in [1.82, 2.24) is 0 Å². The number of carbonyl (C=O) groups is 2. The molecule has 84 valence electrons. The van der Waals surface area contributed by atoms with Gasteiger partial charge in [0.25, 0.3) is 0 Å². The molecule has 0 amide bonds. The van der Waals surface area contributed by atoms with Crippen LogP contribution >= 0.6 is 23.2 Å². The largest absolute Gasteiger partial charge is 0.450 e. The first-order valence-electron chi connectivity index (χ1n) is 4.69. The number of ether oxygens (including phenoxy) is 1. The van der Waals surface area contributed by atoms with E-state index in [1.807, 2.05) is 0 Å². The molecule has 0 aliphatic carbocycles. The summed E-state index contributed by atoms with van der Waals surface area (Å²) >= 11 is 11.8. The number of carbonyl (C=O) groups excluding carboxylic acids is 2. The summed E-state index contributed by atoms with van der Waals surface area (Å²) in [6.07, 6.45) is -0.466. The maximum atomic E-state index is 11.6. The monoisotopic (exact) mass is 258 g/mol. The van der Waals surface area contributed by atoms with E-state index in [0.29, 0.717) is 21.2 Å². The zero-order valence-electron chi connectivity index (χ0n) is 8.42. The molecule has 1 aliphatic rings. The van der Waals surface area contributed by atoms with E-state index in [-0.39, 0.29) is 12.2 Å². The van der Waals surface area contributed by atoms with Crippen LogP contribution in [-0.2, 0) is 16.0 Å². The molecule has 5 heteroatoms. The van der Waals surface area contributed by atoms with Crippen LogP contribution in [0.15, 0.2) is 12.1 Å². The van der Waals surface area contributed by atoms with Gasteiger partial charge in [-0.15, -0.1) is 0 Å². The van der Waals surface area contributed by atoms with Gasteiger partial charge in [-0.1, -0.05) is 23.2 Å². The van der Waals surface area contributed by atoms with Crippen molar-refractivity contribution in [2.45, 2.75) is 19.4 Å². The highest BCUT2D eigenvalue weighted by Gasteiger charge is 2.31. The van der Waals surface area contributed by atoms with Crippen molar-refractivity contribution in [2.24, 2.45) is 0 Å². The lowest BCUT2D eigenvalue weighted by Crippen LogP contribution is -2.33. The molecule has 0 radical (unpaired) electrons. The molecule has 1 unspecified atom stereocenters. The summed E-state index contributed by atoms with van der Waals surface area (Å²) in [5, 5.41) is 0.694. The van der Waals surface area contributed by atoms with E-state index in [4.69, 9.17) is 27.9 Å². The van der Waals surface area contributed by atoms with E-state index in [1.54, 1.807) is 6.07 Å². The van der Waals surface area contributed by atoms with E-state index in [9.17, 15) is 9.59 Å². The third-order valence-corrected chi connectivity index (χ3v) is 3.35. The van der Waals surface area contributed by atoms with Crippen molar-refractivity contribution < 1.29 is 14.3 Å². The normalized spacial score (nSPS) is 18.9. The topological polar surface area (TPSA) is 43.4 Å². The van der Waals surface area contributed by atoms with Crippen LogP contribution in [0, 0.1) is 0 Å². The van der Waals surface area contributed by atoms with Gasteiger partial charge >= 0.3 is 5.97 Å². The molecule has 0 fully saturated rings. The third-order valence-electron chi connectivity index (χ3n) is 2.51. The Bertz CT molecular complexity index is 482. The van der Waals surface area contributed by atoms with E-state index in [1.165, 1.54) is 13.0 Å². The Morgan fingerprint density at radius 3 is 2.75 bits per heavy atom. The van der Waals surface area contributed by atoms with Gasteiger partial charge in [-0.05, 0) is 24.6 Å². The molecule has 1 aromatic rings. The van der Waals surface area contributed by atoms with Crippen molar-refractivity contribution in [3.63, 3.8) is 0 Å². The fourth-order valence-electron chi connectivity index (χ4n) is 1.63. The van der Waals surface area contributed by atoms with Gasteiger partial charge in [-0.2, -0.15) is 0 Å². The Morgan fingerprint density at radius 1 is 1.44 bits per heavy atom. The summed E-state index contributed by atoms with van der Waals surface area (Å²) in [7, 11) is 0. The first-order chi connectivity index (χ1) is 7.50. The molecule has 1 atom stereocenters. The summed E-state index contributed by atoms with van der Waals surface area (Å²) in [6, 6.07) is 3.10. The fourth-order valence-corrected chi connectivity index (χ4v) is 2.05. The Balaban J connectivity index is 2.51. The van der Waals surface area contributed by atoms with Crippen molar-refractivity contribution in [2.75, 3.05) is 0 Å². The van der Waals surface area contributed by atoms with Crippen LogP contribution in [-0.4, -0.2) is 17.9 Å². The second-order valence-electron chi connectivity index (χ2n) is 3.60. The number of hydrogen-bond acceptors (Lipinski definition) is 3. The lowest BCUT2D eigenvalue weighted by atomic mass is 9.97. The van der Waals surface area contributed by atoms with Gasteiger partial charge in [0.1, 0.15) is 0 Å². The van der Waals surface area contributed by atoms with Crippen molar-refractivity contribution in [3.05, 3.63) is 33.3 Å². The Labute approximate surface area is 102 Å². The molecule has 1 heterocycles. The number of cyclic esters (lactones) is 1. The summed E-state index contributed by atoms with van der Waals surface area (Å²) in [5.74, 6) is -0.727. The van der Waals surface area contributed by atoms with Crippen molar-refractivity contribution in [3.8, 4) is 0 Å². The maximum absolute atomic E-state index is 11.6. The molecule has 0 saturated carbocycles. The summed E-state index contributed by atoms with van der Waals surface area (Å²) < 4.78 is 4.98. The van der Waals surface area contributed by atoms with E-state index >= 15 is 0 Å². The van der Waals surface area contributed by atoms with Gasteiger partial charge in [0, 0.05) is 6.42 Å². The molecule has 0 spiro atoms. The van der Waals surface area contributed by atoms with Crippen molar-refractivity contribution >= 4 is 35.0 Å². The van der Waals surface area contributed by atoms with E-state index in [2.05, 4.69) is 0 Å². The first kappa shape index (κ1) is 11.4. The molecule has 1 aromatic carbocycles. The average molecular weight is 259 g/mol. The second-order valence-corrected chi connectivity index (χ2v) is 4.38. The van der Waals surface area contributed by atoms with Gasteiger partial charge in [0.05, 0.1) is 15.6 Å². The quantitative estimate of drug-likeness (QED) is 0.728. The molecule has 0 aromatic heterocycles. The maximum Gasteiger partial charge on any atom is 0.339 e. The minimum Gasteiger partial charge on any atom is -0.450 e. The van der Waals surface area contributed by atoms with Crippen LogP contribution in [0.2, 0.25) is 10.0 Å². The van der Waals surface area contributed by atoms with Crippen LogP contribution in [0.4, 0.5) is 0 Å². The van der Waals surface area contributed by atoms with Gasteiger partial charge in [0.15, 0.2) is 11.9 Å². The molecule has 1 aliphatic heterocycles. The minimum absolute atomic E-state index is 0.199. The molecule has 3 nitrogen and oxygen atoms in total. The first-order valence-corrected chi connectivity index (χ1v) is 5.44. The Kier molecular flexibility index (Phi) is 2.91. The number of fused-ring (bicyclic) bond motifs is 1.